The fraction of sp³-hybridized carbons (Fsp3) is 0.538. The number of hydrogen-bond donors (Lipinski definition) is 1. The van der Waals surface area contributed by atoms with Gasteiger partial charge >= 0.3 is 0 Å². The molecule has 1 atom stereocenters. The lowest BCUT2D eigenvalue weighted by Crippen LogP contribution is -2.20. The Hall–Kier alpha value is -1.06. The Morgan fingerprint density at radius 2 is 2.19 bits per heavy atom. The van der Waals surface area contributed by atoms with Crippen LogP contribution in [0.3, 0.4) is 0 Å². The maximum Gasteiger partial charge on any atom is 0.119 e. The molecular weight excluding hydrogens is 202 g/mol. The Morgan fingerprint density at radius 1 is 1.38 bits per heavy atom. The maximum atomic E-state index is 5.49. The second-order valence-electron chi connectivity index (χ2n) is 3.72. The third-order valence-electron chi connectivity index (χ3n) is 2.46. The van der Waals surface area contributed by atoms with Crippen LogP contribution in [-0.4, -0.2) is 33.9 Å². The molecule has 1 N–H and O–H groups in total. The van der Waals surface area contributed by atoms with Crippen LogP contribution in [0, 0.1) is 0 Å². The van der Waals surface area contributed by atoms with Gasteiger partial charge in [0.25, 0.3) is 0 Å². The highest BCUT2D eigenvalue weighted by molar-refractivity contribution is 5.31. The van der Waals surface area contributed by atoms with Crippen LogP contribution in [0.5, 0.6) is 5.75 Å². The summed E-state index contributed by atoms with van der Waals surface area (Å²) < 4.78 is 10.7. The number of benzene rings is 1. The molecule has 1 aromatic carbocycles. The van der Waals surface area contributed by atoms with E-state index in [1.807, 2.05) is 26.1 Å². The van der Waals surface area contributed by atoms with Gasteiger partial charge in [-0.2, -0.15) is 0 Å². The van der Waals surface area contributed by atoms with Gasteiger partial charge in [0.1, 0.15) is 5.75 Å². The summed E-state index contributed by atoms with van der Waals surface area (Å²) in [6, 6.07) is 8.21. The van der Waals surface area contributed by atoms with E-state index in [4.69, 9.17) is 9.47 Å². The van der Waals surface area contributed by atoms with E-state index >= 15 is 0 Å². The van der Waals surface area contributed by atoms with Crippen molar-refractivity contribution in [3.63, 3.8) is 0 Å². The lowest BCUT2D eigenvalue weighted by molar-refractivity contribution is 0.178. The Labute approximate surface area is 97.8 Å². The average Bonchev–Trinajstić information content (AvgIpc) is 2.30. The van der Waals surface area contributed by atoms with Gasteiger partial charge in [-0.1, -0.05) is 12.1 Å². The zero-order valence-corrected chi connectivity index (χ0v) is 10.3. The highest BCUT2D eigenvalue weighted by Gasteiger charge is 2.10. The van der Waals surface area contributed by atoms with Crippen LogP contribution < -0.4 is 10.1 Å². The molecule has 1 unspecified atom stereocenters. The molecule has 0 fully saturated rings. The normalized spacial score (nSPS) is 12.4. The van der Waals surface area contributed by atoms with Crippen molar-refractivity contribution in [1.82, 2.24) is 5.32 Å². The molecule has 0 aliphatic rings. The predicted molar refractivity (Wildman–Crippen MR) is 66.2 cm³/mol. The first-order valence-electron chi connectivity index (χ1n) is 5.68. The number of methoxy groups -OCH3 is 1. The number of ether oxygens (including phenoxy) is 2. The van der Waals surface area contributed by atoms with Crippen LogP contribution in [0.2, 0.25) is 0 Å². The zero-order chi connectivity index (χ0) is 11.8. The van der Waals surface area contributed by atoms with Crippen molar-refractivity contribution in [3.8, 4) is 5.75 Å². The topological polar surface area (TPSA) is 30.5 Å². The molecule has 0 saturated heterocycles. The molecule has 3 heteroatoms. The monoisotopic (exact) mass is 223 g/mol. The third kappa shape index (κ3) is 3.83. The summed E-state index contributed by atoms with van der Waals surface area (Å²) in [5.74, 6) is 1.30. The van der Waals surface area contributed by atoms with Gasteiger partial charge in [0, 0.05) is 19.6 Å². The van der Waals surface area contributed by atoms with Crippen molar-refractivity contribution in [2.75, 3.05) is 33.9 Å². The summed E-state index contributed by atoms with van der Waals surface area (Å²) in [6.45, 7) is 4.32. The molecule has 0 amide bonds. The Morgan fingerprint density at radius 3 is 2.81 bits per heavy atom. The summed E-state index contributed by atoms with van der Waals surface area (Å²) in [4.78, 5) is 0. The van der Waals surface area contributed by atoms with Gasteiger partial charge in [-0.25, -0.2) is 0 Å². The molecule has 0 aliphatic carbocycles. The molecule has 1 aromatic rings. The molecule has 3 nitrogen and oxygen atoms in total. The van der Waals surface area contributed by atoms with Crippen LogP contribution in [0.4, 0.5) is 0 Å². The van der Waals surface area contributed by atoms with Crippen molar-refractivity contribution in [2.45, 2.75) is 12.8 Å². The first-order valence-corrected chi connectivity index (χ1v) is 5.68. The molecule has 0 bridgehead atoms. The Kier molecular flexibility index (Phi) is 5.90. The summed E-state index contributed by atoms with van der Waals surface area (Å²) >= 11 is 0. The fourth-order valence-electron chi connectivity index (χ4n) is 1.75. The summed E-state index contributed by atoms with van der Waals surface area (Å²) in [7, 11) is 3.68. The zero-order valence-electron chi connectivity index (χ0n) is 10.3. The minimum absolute atomic E-state index is 0.371. The predicted octanol–water partition coefficient (Wildman–Crippen LogP) is 2.03. The van der Waals surface area contributed by atoms with Gasteiger partial charge < -0.3 is 14.8 Å². The SMILES string of the molecule is CCOc1cccc(C(CNC)COC)c1. The lowest BCUT2D eigenvalue weighted by Gasteiger charge is -2.16. The van der Waals surface area contributed by atoms with Crippen molar-refractivity contribution >= 4 is 0 Å². The first-order chi connectivity index (χ1) is 7.81. The Bertz CT molecular complexity index is 296. The molecule has 0 heterocycles. The number of nitrogens with one attached hydrogen (secondary N) is 1. The molecule has 16 heavy (non-hydrogen) atoms. The molecule has 0 spiro atoms. The molecular formula is C13H21NO2. The van der Waals surface area contributed by atoms with E-state index in [2.05, 4.69) is 17.4 Å². The molecule has 90 valence electrons. The lowest BCUT2D eigenvalue weighted by atomic mass is 10.00. The van der Waals surface area contributed by atoms with Gasteiger partial charge in [-0.3, -0.25) is 0 Å². The summed E-state index contributed by atoms with van der Waals surface area (Å²) in [6.07, 6.45) is 0. The summed E-state index contributed by atoms with van der Waals surface area (Å²) in [5.41, 5.74) is 1.25. The van der Waals surface area contributed by atoms with Gasteiger partial charge in [-0.05, 0) is 31.7 Å². The highest BCUT2D eigenvalue weighted by atomic mass is 16.5. The minimum Gasteiger partial charge on any atom is -0.494 e. The molecule has 0 aliphatic heterocycles. The van der Waals surface area contributed by atoms with E-state index in [9.17, 15) is 0 Å². The molecule has 0 saturated carbocycles. The second kappa shape index (κ2) is 7.25. The Balaban J connectivity index is 2.77. The third-order valence-corrected chi connectivity index (χ3v) is 2.46. The quantitative estimate of drug-likeness (QED) is 0.767. The van der Waals surface area contributed by atoms with E-state index in [1.54, 1.807) is 7.11 Å². The molecule has 0 radical (unpaired) electrons. The van der Waals surface area contributed by atoms with E-state index < -0.39 is 0 Å². The van der Waals surface area contributed by atoms with Gasteiger partial charge in [0.15, 0.2) is 0 Å². The number of hydrogen-bond acceptors (Lipinski definition) is 3. The van der Waals surface area contributed by atoms with Crippen molar-refractivity contribution in [1.29, 1.82) is 0 Å². The van der Waals surface area contributed by atoms with Crippen LogP contribution in [-0.2, 0) is 4.74 Å². The van der Waals surface area contributed by atoms with E-state index in [0.29, 0.717) is 12.5 Å². The highest BCUT2D eigenvalue weighted by Crippen LogP contribution is 2.21. The van der Waals surface area contributed by atoms with E-state index in [1.165, 1.54) is 5.56 Å². The first kappa shape index (κ1) is 13.0. The largest absolute Gasteiger partial charge is 0.494 e. The van der Waals surface area contributed by atoms with Crippen molar-refractivity contribution in [2.24, 2.45) is 0 Å². The molecule has 0 aromatic heterocycles. The average molecular weight is 223 g/mol. The number of likely N-dealkylation sites (N-methyl/N-ethyl adjacent to an activating group) is 1. The smallest absolute Gasteiger partial charge is 0.119 e. The fourth-order valence-corrected chi connectivity index (χ4v) is 1.75. The van der Waals surface area contributed by atoms with Gasteiger partial charge in [0.05, 0.1) is 13.2 Å². The second-order valence-corrected chi connectivity index (χ2v) is 3.72. The number of rotatable bonds is 7. The van der Waals surface area contributed by atoms with Crippen LogP contribution >= 0.6 is 0 Å². The minimum atomic E-state index is 0.371. The van der Waals surface area contributed by atoms with Crippen molar-refractivity contribution < 1.29 is 9.47 Å². The van der Waals surface area contributed by atoms with E-state index in [-0.39, 0.29) is 0 Å². The van der Waals surface area contributed by atoms with Crippen LogP contribution in [0.15, 0.2) is 24.3 Å². The van der Waals surface area contributed by atoms with Crippen LogP contribution in [0.1, 0.15) is 18.4 Å². The maximum absolute atomic E-state index is 5.49. The van der Waals surface area contributed by atoms with Crippen LogP contribution in [0.25, 0.3) is 0 Å². The van der Waals surface area contributed by atoms with Crippen molar-refractivity contribution in [3.05, 3.63) is 29.8 Å². The summed E-state index contributed by atoms with van der Waals surface area (Å²) in [5, 5.41) is 3.18. The van der Waals surface area contributed by atoms with E-state index in [0.717, 1.165) is 18.9 Å². The van der Waals surface area contributed by atoms with Gasteiger partial charge in [0.2, 0.25) is 0 Å². The standard InChI is InChI=1S/C13H21NO2/c1-4-16-13-7-5-6-11(8-13)12(9-14-2)10-15-3/h5-8,12,14H,4,9-10H2,1-3H3. The molecule has 1 rings (SSSR count). The van der Waals surface area contributed by atoms with Gasteiger partial charge in [-0.15, -0.1) is 0 Å².